The van der Waals surface area contributed by atoms with Crippen molar-refractivity contribution >= 4 is 21.6 Å². The molecule has 0 aliphatic rings. The number of benzene rings is 2. The first-order chi connectivity index (χ1) is 11.8. The number of amides is 1. The van der Waals surface area contributed by atoms with Gasteiger partial charge in [0.25, 0.3) is 15.9 Å². The van der Waals surface area contributed by atoms with Gasteiger partial charge in [0.1, 0.15) is 22.2 Å². The maximum absolute atomic E-state index is 13.5. The van der Waals surface area contributed by atoms with Crippen LogP contribution in [-0.4, -0.2) is 35.6 Å². The Morgan fingerprint density at radius 2 is 1.68 bits per heavy atom. The van der Waals surface area contributed by atoms with E-state index in [4.69, 9.17) is 9.47 Å². The number of sulfonamides is 1. The van der Waals surface area contributed by atoms with Crippen LogP contribution in [0.25, 0.3) is 0 Å². The fourth-order valence-electron chi connectivity index (χ4n) is 2.13. The number of anilines is 1. The molecule has 0 heterocycles. The van der Waals surface area contributed by atoms with Gasteiger partial charge in [-0.1, -0.05) is 0 Å². The van der Waals surface area contributed by atoms with E-state index < -0.39 is 21.7 Å². The van der Waals surface area contributed by atoms with Crippen LogP contribution >= 0.6 is 0 Å². The predicted octanol–water partition coefficient (Wildman–Crippen LogP) is 2.00. The summed E-state index contributed by atoms with van der Waals surface area (Å²) in [7, 11) is -0.101. The standard InChI is InChI=1S/C16H17FN2O5S/c1-18-16(20)10-4-6-13(23-2)12(8-10)19-25(21,22)15-9-11(17)5-7-14(15)24-3/h4-9,19H,1-3H3,(H,18,20). The van der Waals surface area contributed by atoms with E-state index in [0.717, 1.165) is 12.1 Å². The van der Waals surface area contributed by atoms with Crippen LogP contribution in [0.2, 0.25) is 0 Å². The predicted molar refractivity (Wildman–Crippen MR) is 90.1 cm³/mol. The number of ether oxygens (including phenoxy) is 2. The Morgan fingerprint density at radius 3 is 2.28 bits per heavy atom. The van der Waals surface area contributed by atoms with Gasteiger partial charge < -0.3 is 14.8 Å². The molecule has 0 aliphatic heterocycles. The summed E-state index contributed by atoms with van der Waals surface area (Å²) in [6, 6.07) is 7.40. The molecular weight excluding hydrogens is 351 g/mol. The molecule has 0 saturated heterocycles. The maximum atomic E-state index is 13.5. The average molecular weight is 368 g/mol. The van der Waals surface area contributed by atoms with Gasteiger partial charge in [-0.25, -0.2) is 12.8 Å². The summed E-state index contributed by atoms with van der Waals surface area (Å²) < 4.78 is 51.2. The van der Waals surface area contributed by atoms with E-state index in [1.165, 1.54) is 45.5 Å². The molecule has 9 heteroatoms. The molecule has 0 radical (unpaired) electrons. The van der Waals surface area contributed by atoms with E-state index in [1.807, 2.05) is 0 Å². The van der Waals surface area contributed by atoms with Crippen molar-refractivity contribution in [3.05, 3.63) is 47.8 Å². The Kier molecular flexibility index (Phi) is 5.48. The van der Waals surface area contributed by atoms with E-state index in [9.17, 15) is 17.6 Å². The fourth-order valence-corrected chi connectivity index (χ4v) is 3.38. The highest BCUT2D eigenvalue weighted by atomic mass is 32.2. The lowest BCUT2D eigenvalue weighted by Crippen LogP contribution is -2.19. The normalized spacial score (nSPS) is 10.9. The number of nitrogens with one attached hydrogen (secondary N) is 2. The Hall–Kier alpha value is -2.81. The zero-order valence-electron chi connectivity index (χ0n) is 13.8. The minimum Gasteiger partial charge on any atom is -0.495 e. The molecule has 25 heavy (non-hydrogen) atoms. The molecule has 2 aromatic carbocycles. The molecule has 0 bridgehead atoms. The summed E-state index contributed by atoms with van der Waals surface area (Å²) in [4.78, 5) is 11.4. The first kappa shape index (κ1) is 18.5. The fraction of sp³-hybridized carbons (Fsp3) is 0.188. The van der Waals surface area contributed by atoms with Crippen molar-refractivity contribution in [1.29, 1.82) is 0 Å². The SMILES string of the molecule is CNC(=O)c1ccc(OC)c(NS(=O)(=O)c2cc(F)ccc2OC)c1. The Bertz CT molecular complexity index is 899. The van der Waals surface area contributed by atoms with E-state index in [0.29, 0.717) is 0 Å². The molecule has 0 saturated carbocycles. The van der Waals surface area contributed by atoms with Crippen LogP contribution in [0.1, 0.15) is 10.4 Å². The van der Waals surface area contributed by atoms with Crippen LogP contribution in [0, 0.1) is 5.82 Å². The molecule has 0 fully saturated rings. The first-order valence-corrected chi connectivity index (χ1v) is 8.57. The monoisotopic (exact) mass is 368 g/mol. The number of hydrogen-bond donors (Lipinski definition) is 2. The Labute approximate surface area is 144 Å². The van der Waals surface area contributed by atoms with Gasteiger partial charge >= 0.3 is 0 Å². The van der Waals surface area contributed by atoms with Crippen LogP contribution in [0.4, 0.5) is 10.1 Å². The lowest BCUT2D eigenvalue weighted by atomic mass is 10.2. The van der Waals surface area contributed by atoms with E-state index >= 15 is 0 Å². The summed E-state index contributed by atoms with van der Waals surface area (Å²) in [6.45, 7) is 0. The molecule has 2 rings (SSSR count). The third-order valence-electron chi connectivity index (χ3n) is 3.35. The topological polar surface area (TPSA) is 93.7 Å². The maximum Gasteiger partial charge on any atom is 0.265 e. The van der Waals surface area contributed by atoms with Gasteiger partial charge in [-0.2, -0.15) is 0 Å². The average Bonchev–Trinajstić information content (AvgIpc) is 2.60. The summed E-state index contributed by atoms with van der Waals surface area (Å²) in [5, 5.41) is 2.44. The van der Waals surface area contributed by atoms with Gasteiger partial charge in [-0.15, -0.1) is 0 Å². The summed E-state index contributed by atoms with van der Waals surface area (Å²) in [5.74, 6) is -0.944. The highest BCUT2D eigenvalue weighted by molar-refractivity contribution is 7.92. The minimum atomic E-state index is -4.19. The molecule has 7 nitrogen and oxygen atoms in total. The van der Waals surface area contributed by atoms with Crippen molar-refractivity contribution < 1.29 is 27.1 Å². The van der Waals surface area contributed by atoms with E-state index in [2.05, 4.69) is 10.0 Å². The van der Waals surface area contributed by atoms with Crippen LogP contribution in [0.15, 0.2) is 41.3 Å². The van der Waals surface area contributed by atoms with Crippen LogP contribution < -0.4 is 19.5 Å². The number of carbonyl (C=O) groups is 1. The molecule has 134 valence electrons. The molecule has 1 amide bonds. The smallest absolute Gasteiger partial charge is 0.265 e. The lowest BCUT2D eigenvalue weighted by Gasteiger charge is -2.15. The number of methoxy groups -OCH3 is 2. The van der Waals surface area contributed by atoms with Gasteiger partial charge in [-0.3, -0.25) is 9.52 Å². The van der Waals surface area contributed by atoms with Crippen LogP contribution in [0.5, 0.6) is 11.5 Å². The molecule has 2 N–H and O–H groups in total. The lowest BCUT2D eigenvalue weighted by molar-refractivity contribution is 0.0963. The molecule has 0 aliphatic carbocycles. The molecular formula is C16H17FN2O5S. The summed E-state index contributed by atoms with van der Waals surface area (Å²) >= 11 is 0. The van der Waals surface area contributed by atoms with Crippen molar-refractivity contribution in [1.82, 2.24) is 5.32 Å². The number of hydrogen-bond acceptors (Lipinski definition) is 5. The van der Waals surface area contributed by atoms with E-state index in [-0.39, 0.29) is 27.6 Å². The van der Waals surface area contributed by atoms with Crippen molar-refractivity contribution in [2.24, 2.45) is 0 Å². The highest BCUT2D eigenvalue weighted by Crippen LogP contribution is 2.31. The van der Waals surface area contributed by atoms with Gasteiger partial charge in [0.15, 0.2) is 0 Å². The van der Waals surface area contributed by atoms with Crippen molar-refractivity contribution in [2.45, 2.75) is 4.90 Å². The highest BCUT2D eigenvalue weighted by Gasteiger charge is 2.22. The zero-order chi connectivity index (χ0) is 18.6. The number of carbonyl (C=O) groups excluding carboxylic acids is 1. The summed E-state index contributed by atoms with van der Waals surface area (Å²) in [5.41, 5.74) is 0.266. The Balaban J connectivity index is 2.50. The number of halogens is 1. The van der Waals surface area contributed by atoms with E-state index in [1.54, 1.807) is 0 Å². The Morgan fingerprint density at radius 1 is 1.04 bits per heavy atom. The largest absolute Gasteiger partial charge is 0.495 e. The first-order valence-electron chi connectivity index (χ1n) is 7.09. The second-order valence-electron chi connectivity index (χ2n) is 4.89. The van der Waals surface area contributed by atoms with Crippen molar-refractivity contribution in [2.75, 3.05) is 26.0 Å². The molecule has 2 aromatic rings. The minimum absolute atomic E-state index is 0.0182. The van der Waals surface area contributed by atoms with Crippen LogP contribution in [-0.2, 0) is 10.0 Å². The second kappa shape index (κ2) is 7.39. The van der Waals surface area contributed by atoms with Gasteiger partial charge in [0.2, 0.25) is 0 Å². The number of rotatable bonds is 6. The molecule has 0 spiro atoms. The van der Waals surface area contributed by atoms with Gasteiger partial charge in [-0.05, 0) is 36.4 Å². The van der Waals surface area contributed by atoms with Crippen molar-refractivity contribution in [3.8, 4) is 11.5 Å². The second-order valence-corrected chi connectivity index (χ2v) is 6.55. The van der Waals surface area contributed by atoms with Gasteiger partial charge in [0, 0.05) is 12.6 Å². The summed E-state index contributed by atoms with van der Waals surface area (Å²) in [6.07, 6.45) is 0. The third-order valence-corrected chi connectivity index (χ3v) is 4.73. The van der Waals surface area contributed by atoms with Crippen molar-refractivity contribution in [3.63, 3.8) is 0 Å². The van der Waals surface area contributed by atoms with Crippen LogP contribution in [0.3, 0.4) is 0 Å². The molecule has 0 unspecified atom stereocenters. The quantitative estimate of drug-likeness (QED) is 0.813. The molecule has 0 atom stereocenters. The third kappa shape index (κ3) is 4.00. The zero-order valence-corrected chi connectivity index (χ0v) is 14.6. The molecule has 0 aromatic heterocycles. The van der Waals surface area contributed by atoms with Gasteiger partial charge in [0.05, 0.1) is 19.9 Å².